The summed E-state index contributed by atoms with van der Waals surface area (Å²) in [7, 11) is 10.9. The SMILES string of the molecule is CC(C)/C(=C\NCC1OCC2(CC2)CO1)C(=O)N(C)c1ccc(C#CC2CC2)cc1N(C)C.Cc1ccc(C#CC2CC2)cc1N(C)C(=O)c1ccc(OCC(=O)N(C)C)nc1C. The Hall–Kier alpha value is -5.82. The number of benzene rings is 2. The summed E-state index contributed by atoms with van der Waals surface area (Å²) in [5.41, 5.74) is 7.58. The van der Waals surface area contributed by atoms with Crippen LogP contribution in [0.3, 0.4) is 0 Å². The summed E-state index contributed by atoms with van der Waals surface area (Å²) in [5, 5.41) is 3.26. The predicted molar refractivity (Wildman–Crippen MR) is 249 cm³/mol. The first-order valence-corrected chi connectivity index (χ1v) is 22.0. The average molecular weight is 857 g/mol. The van der Waals surface area contributed by atoms with E-state index in [0.29, 0.717) is 41.1 Å². The largest absolute Gasteiger partial charge is 0.468 e. The van der Waals surface area contributed by atoms with Crippen LogP contribution in [0.1, 0.15) is 85.1 Å². The second kappa shape index (κ2) is 20.6. The number of amides is 3. The number of rotatable bonds is 12. The van der Waals surface area contributed by atoms with Gasteiger partial charge in [0.2, 0.25) is 5.88 Å². The fraction of sp³-hybridized carbons (Fsp3) is 0.490. The number of anilines is 3. The smallest absolute Gasteiger partial charge is 0.260 e. The minimum Gasteiger partial charge on any atom is -0.468 e. The minimum absolute atomic E-state index is 0.0279. The van der Waals surface area contributed by atoms with Gasteiger partial charge in [-0.2, -0.15) is 0 Å². The van der Waals surface area contributed by atoms with Crippen LogP contribution in [0.4, 0.5) is 17.1 Å². The number of carbonyl (C=O) groups is 3. The number of nitrogens with one attached hydrogen (secondary N) is 1. The summed E-state index contributed by atoms with van der Waals surface area (Å²) in [6, 6.07) is 15.3. The molecule has 334 valence electrons. The molecule has 2 aromatic carbocycles. The van der Waals surface area contributed by atoms with Crippen LogP contribution in [0, 0.1) is 60.7 Å². The van der Waals surface area contributed by atoms with E-state index in [0.717, 1.165) is 47.0 Å². The average Bonchev–Trinajstić information content (AvgIpc) is 4.14. The molecule has 1 saturated heterocycles. The van der Waals surface area contributed by atoms with Crippen LogP contribution >= 0.6 is 0 Å². The molecule has 2 heterocycles. The highest BCUT2D eigenvalue weighted by Gasteiger charge is 2.46. The maximum atomic E-state index is 13.5. The number of carbonyl (C=O) groups excluding carboxylic acids is 3. The zero-order chi connectivity index (χ0) is 45.4. The predicted octanol–water partition coefficient (Wildman–Crippen LogP) is 6.96. The van der Waals surface area contributed by atoms with Gasteiger partial charge in [0, 0.05) is 94.2 Å². The summed E-state index contributed by atoms with van der Waals surface area (Å²) in [6.07, 6.45) is 8.74. The monoisotopic (exact) mass is 856 g/mol. The molecular weight excluding hydrogens is 793 g/mol. The molecule has 0 unspecified atom stereocenters. The Kier molecular flexibility index (Phi) is 15.2. The molecule has 3 amide bonds. The van der Waals surface area contributed by atoms with Crippen LogP contribution in [0.2, 0.25) is 0 Å². The normalized spacial score (nSPS) is 16.3. The van der Waals surface area contributed by atoms with E-state index in [4.69, 9.17) is 14.2 Å². The van der Waals surface area contributed by atoms with Crippen molar-refractivity contribution in [1.82, 2.24) is 15.2 Å². The molecule has 12 heteroatoms. The highest BCUT2D eigenvalue weighted by Crippen LogP contribution is 2.48. The number of nitrogens with zero attached hydrogens (tertiary/aromatic N) is 5. The van der Waals surface area contributed by atoms with Crippen molar-refractivity contribution in [2.24, 2.45) is 23.2 Å². The first-order chi connectivity index (χ1) is 30.0. The molecule has 4 fully saturated rings. The second-order valence-corrected chi connectivity index (χ2v) is 18.0. The molecule has 1 aliphatic heterocycles. The number of ether oxygens (including phenoxy) is 3. The molecule has 7 rings (SSSR count). The van der Waals surface area contributed by atoms with E-state index in [2.05, 4.69) is 40.0 Å². The maximum Gasteiger partial charge on any atom is 0.260 e. The lowest BCUT2D eigenvalue weighted by Crippen LogP contribution is -2.39. The van der Waals surface area contributed by atoms with Gasteiger partial charge in [0.15, 0.2) is 12.9 Å². The van der Waals surface area contributed by atoms with Gasteiger partial charge in [-0.05, 0) is 100 Å². The molecule has 63 heavy (non-hydrogen) atoms. The molecule has 4 aliphatic rings. The van der Waals surface area contributed by atoms with E-state index in [1.165, 1.54) is 43.4 Å². The van der Waals surface area contributed by atoms with Crippen molar-refractivity contribution < 1.29 is 28.6 Å². The lowest BCUT2D eigenvalue weighted by Gasteiger charge is -2.29. The van der Waals surface area contributed by atoms with E-state index in [-0.39, 0.29) is 42.0 Å². The van der Waals surface area contributed by atoms with Gasteiger partial charge in [0.05, 0.1) is 42.4 Å². The lowest BCUT2D eigenvalue weighted by atomic mass is 10.0. The third kappa shape index (κ3) is 12.9. The summed E-state index contributed by atoms with van der Waals surface area (Å²) in [4.78, 5) is 49.4. The molecule has 1 aromatic heterocycles. The van der Waals surface area contributed by atoms with Gasteiger partial charge in [0.25, 0.3) is 17.7 Å². The topological polar surface area (TPSA) is 117 Å². The van der Waals surface area contributed by atoms with E-state index in [9.17, 15) is 14.4 Å². The Balaban J connectivity index is 0.000000211. The fourth-order valence-electron chi connectivity index (χ4n) is 6.77. The second-order valence-electron chi connectivity index (χ2n) is 18.0. The molecule has 1 N–H and O–H groups in total. The molecule has 0 atom stereocenters. The van der Waals surface area contributed by atoms with Gasteiger partial charge in [-0.25, -0.2) is 4.98 Å². The number of likely N-dealkylation sites (N-methyl/N-ethyl adjacent to an activating group) is 2. The van der Waals surface area contributed by atoms with E-state index in [1.807, 2.05) is 83.3 Å². The highest BCUT2D eigenvalue weighted by molar-refractivity contribution is 6.08. The van der Waals surface area contributed by atoms with Crippen LogP contribution < -0.4 is 24.8 Å². The summed E-state index contributed by atoms with van der Waals surface area (Å²) in [5.74, 6) is 14.2. The van der Waals surface area contributed by atoms with Gasteiger partial charge in [-0.1, -0.05) is 43.6 Å². The number of pyridine rings is 1. The molecule has 12 nitrogen and oxygen atoms in total. The Labute approximate surface area is 374 Å². The third-order valence-corrected chi connectivity index (χ3v) is 11.6. The Bertz CT molecular complexity index is 2310. The van der Waals surface area contributed by atoms with Gasteiger partial charge in [-0.15, -0.1) is 0 Å². The maximum absolute atomic E-state index is 13.5. The molecule has 3 aliphatic carbocycles. The van der Waals surface area contributed by atoms with Crippen molar-refractivity contribution in [3.05, 3.63) is 88.3 Å². The van der Waals surface area contributed by atoms with Gasteiger partial charge in [-0.3, -0.25) is 14.4 Å². The summed E-state index contributed by atoms with van der Waals surface area (Å²) in [6.45, 7) is 9.78. The molecule has 3 saturated carbocycles. The molecule has 1 spiro atoms. The van der Waals surface area contributed by atoms with Crippen molar-refractivity contribution in [2.75, 3.05) is 83.4 Å². The molecule has 0 radical (unpaired) electrons. The summed E-state index contributed by atoms with van der Waals surface area (Å²) < 4.78 is 17.1. The van der Waals surface area contributed by atoms with Crippen molar-refractivity contribution >= 4 is 34.8 Å². The van der Waals surface area contributed by atoms with Crippen molar-refractivity contribution in [2.45, 2.75) is 72.5 Å². The quantitative estimate of drug-likeness (QED) is 0.153. The Morgan fingerprint density at radius 1 is 0.825 bits per heavy atom. The van der Waals surface area contributed by atoms with Crippen LogP contribution in [-0.4, -0.2) is 103 Å². The van der Waals surface area contributed by atoms with E-state index in [1.54, 1.807) is 50.0 Å². The molecule has 3 aromatic rings. The Morgan fingerprint density at radius 3 is 1.97 bits per heavy atom. The van der Waals surface area contributed by atoms with E-state index >= 15 is 0 Å². The Morgan fingerprint density at radius 2 is 1.43 bits per heavy atom. The first-order valence-electron chi connectivity index (χ1n) is 22.0. The highest BCUT2D eigenvalue weighted by atomic mass is 16.7. The van der Waals surface area contributed by atoms with Crippen LogP contribution in [0.15, 0.2) is 60.3 Å². The molecule has 0 bridgehead atoms. The zero-order valence-electron chi connectivity index (χ0n) is 38.8. The van der Waals surface area contributed by atoms with Crippen molar-refractivity contribution in [1.29, 1.82) is 0 Å². The first kappa shape index (κ1) is 46.7. The van der Waals surface area contributed by atoms with Crippen molar-refractivity contribution in [3.8, 4) is 29.6 Å². The van der Waals surface area contributed by atoms with Crippen molar-refractivity contribution in [3.63, 3.8) is 0 Å². The number of aromatic nitrogens is 1. The number of hydrogen-bond donors (Lipinski definition) is 1. The third-order valence-electron chi connectivity index (χ3n) is 11.6. The van der Waals surface area contributed by atoms with Crippen LogP contribution in [-0.2, 0) is 19.1 Å². The van der Waals surface area contributed by atoms with Gasteiger partial charge in [0.1, 0.15) is 0 Å². The zero-order valence-corrected chi connectivity index (χ0v) is 38.8. The number of hydrogen-bond acceptors (Lipinski definition) is 9. The summed E-state index contributed by atoms with van der Waals surface area (Å²) >= 11 is 0. The number of aryl methyl sites for hydroxylation is 2. The van der Waals surface area contributed by atoms with Crippen LogP contribution in [0.5, 0.6) is 5.88 Å². The standard InChI is InChI=1S/C27H37N3O3.C24H27N3O3/c1-19(2)22(15-28-16-25-32-17-27(12-13-27)18-33-25)26(31)30(5)23-11-10-21(9-8-20-6-7-20)14-24(23)29(3)4;1-16-6-7-19(11-10-18-8-9-18)14-21(16)27(5)24(29)20-12-13-22(25-17(20)2)30-15-23(28)26(3)4/h10-11,14-15,19-20,25,28H,6-7,12-13,16-18H2,1-5H3;6-7,12-14,18H,8-9,15H2,1-5H3/b22-15+;. The lowest BCUT2D eigenvalue weighted by molar-refractivity contribution is -0.203. The van der Waals surface area contributed by atoms with Crippen LogP contribution in [0.25, 0.3) is 0 Å². The van der Waals surface area contributed by atoms with Gasteiger partial charge >= 0.3 is 0 Å². The van der Waals surface area contributed by atoms with E-state index < -0.39 is 0 Å². The van der Waals surface area contributed by atoms with Gasteiger partial charge < -0.3 is 39.1 Å². The minimum atomic E-state index is -0.265. The fourth-order valence-corrected chi connectivity index (χ4v) is 6.77. The molecular formula is C51H64N6O6.